The number of furan rings is 1. The van der Waals surface area contributed by atoms with Crippen molar-refractivity contribution in [2.45, 2.75) is 6.54 Å². The van der Waals surface area contributed by atoms with Crippen LogP contribution in [0.4, 0.5) is 5.82 Å². The van der Waals surface area contributed by atoms with Crippen LogP contribution < -0.4 is 5.32 Å². The van der Waals surface area contributed by atoms with Gasteiger partial charge in [0.05, 0.1) is 11.6 Å². The summed E-state index contributed by atoms with van der Waals surface area (Å²) in [5.74, 6) is 0.848. The number of fused-ring (bicyclic) bond motifs is 1. The smallest absolute Gasteiger partial charge is 0.139 e. The molecule has 3 nitrogen and oxygen atoms in total. The SMILES string of the molecule is Brc1cccc(CNc2nccc3occc23)c1. The molecule has 0 spiro atoms. The number of pyridine rings is 1. The number of rotatable bonds is 3. The molecule has 18 heavy (non-hydrogen) atoms. The molecule has 0 amide bonds. The van der Waals surface area contributed by atoms with E-state index in [0.717, 1.165) is 27.8 Å². The first kappa shape index (κ1) is 11.3. The predicted molar refractivity (Wildman–Crippen MR) is 75.5 cm³/mol. The molecular weight excluding hydrogens is 292 g/mol. The zero-order valence-corrected chi connectivity index (χ0v) is 11.1. The first-order chi connectivity index (χ1) is 8.83. The molecule has 0 aliphatic rings. The molecule has 0 atom stereocenters. The average molecular weight is 303 g/mol. The largest absolute Gasteiger partial charge is 0.464 e. The molecular formula is C14H11BrN2O. The molecule has 1 aromatic carbocycles. The summed E-state index contributed by atoms with van der Waals surface area (Å²) in [7, 11) is 0. The maximum Gasteiger partial charge on any atom is 0.139 e. The number of nitrogens with zero attached hydrogens (tertiary/aromatic N) is 1. The highest BCUT2D eigenvalue weighted by atomic mass is 79.9. The van der Waals surface area contributed by atoms with E-state index in [1.807, 2.05) is 24.3 Å². The van der Waals surface area contributed by atoms with Crippen LogP contribution in [0.25, 0.3) is 11.0 Å². The van der Waals surface area contributed by atoms with E-state index >= 15 is 0 Å². The van der Waals surface area contributed by atoms with Crippen LogP contribution in [0.3, 0.4) is 0 Å². The number of halogens is 1. The van der Waals surface area contributed by atoms with Gasteiger partial charge < -0.3 is 9.73 Å². The first-order valence-corrected chi connectivity index (χ1v) is 6.43. The van der Waals surface area contributed by atoms with Crippen molar-refractivity contribution in [2.75, 3.05) is 5.32 Å². The first-order valence-electron chi connectivity index (χ1n) is 5.63. The molecule has 2 heterocycles. The summed E-state index contributed by atoms with van der Waals surface area (Å²) < 4.78 is 6.42. The number of aromatic nitrogens is 1. The Kier molecular flexibility index (Phi) is 3.02. The Bertz CT molecular complexity index is 678. The summed E-state index contributed by atoms with van der Waals surface area (Å²) in [6.07, 6.45) is 3.42. The maximum absolute atomic E-state index is 5.34. The quantitative estimate of drug-likeness (QED) is 0.788. The van der Waals surface area contributed by atoms with Crippen LogP contribution in [0, 0.1) is 0 Å². The Balaban J connectivity index is 1.83. The van der Waals surface area contributed by atoms with E-state index in [-0.39, 0.29) is 0 Å². The molecule has 0 saturated heterocycles. The molecule has 0 bridgehead atoms. The van der Waals surface area contributed by atoms with Gasteiger partial charge in [-0.3, -0.25) is 0 Å². The Morgan fingerprint density at radius 2 is 2.17 bits per heavy atom. The molecule has 0 unspecified atom stereocenters. The molecule has 0 aliphatic heterocycles. The van der Waals surface area contributed by atoms with E-state index in [2.05, 4.69) is 38.4 Å². The van der Waals surface area contributed by atoms with Crippen molar-refractivity contribution in [3.8, 4) is 0 Å². The third kappa shape index (κ3) is 2.24. The highest BCUT2D eigenvalue weighted by Crippen LogP contribution is 2.22. The zero-order chi connectivity index (χ0) is 12.4. The van der Waals surface area contributed by atoms with Crippen molar-refractivity contribution >= 4 is 32.7 Å². The summed E-state index contributed by atoms with van der Waals surface area (Å²) >= 11 is 3.46. The van der Waals surface area contributed by atoms with E-state index in [1.54, 1.807) is 12.5 Å². The minimum absolute atomic E-state index is 0.733. The number of nitrogens with one attached hydrogen (secondary N) is 1. The van der Waals surface area contributed by atoms with Crippen molar-refractivity contribution in [1.82, 2.24) is 4.98 Å². The van der Waals surface area contributed by atoms with Gasteiger partial charge in [-0.2, -0.15) is 0 Å². The van der Waals surface area contributed by atoms with Crippen molar-refractivity contribution in [1.29, 1.82) is 0 Å². The lowest BCUT2D eigenvalue weighted by atomic mass is 10.2. The van der Waals surface area contributed by atoms with Crippen molar-refractivity contribution < 1.29 is 4.42 Å². The third-order valence-electron chi connectivity index (χ3n) is 2.73. The van der Waals surface area contributed by atoms with Gasteiger partial charge in [-0.25, -0.2) is 4.98 Å². The fourth-order valence-corrected chi connectivity index (χ4v) is 2.31. The monoisotopic (exact) mass is 302 g/mol. The molecule has 0 saturated carbocycles. The van der Waals surface area contributed by atoms with E-state index in [4.69, 9.17) is 4.42 Å². The van der Waals surface area contributed by atoms with E-state index in [0.29, 0.717) is 0 Å². The fraction of sp³-hybridized carbons (Fsp3) is 0.0714. The Labute approximate surface area is 113 Å². The molecule has 3 aromatic rings. The Hall–Kier alpha value is -1.81. The highest BCUT2D eigenvalue weighted by molar-refractivity contribution is 9.10. The van der Waals surface area contributed by atoms with Gasteiger partial charge in [-0.1, -0.05) is 28.1 Å². The molecule has 2 aromatic heterocycles. The van der Waals surface area contributed by atoms with Crippen molar-refractivity contribution in [3.05, 3.63) is 58.9 Å². The summed E-state index contributed by atoms with van der Waals surface area (Å²) in [6, 6.07) is 12.0. The Morgan fingerprint density at radius 3 is 3.06 bits per heavy atom. The molecule has 4 heteroatoms. The fourth-order valence-electron chi connectivity index (χ4n) is 1.87. The molecule has 0 radical (unpaired) electrons. The van der Waals surface area contributed by atoms with Crippen molar-refractivity contribution in [2.24, 2.45) is 0 Å². The number of hydrogen-bond acceptors (Lipinski definition) is 3. The summed E-state index contributed by atoms with van der Waals surface area (Å²) in [6.45, 7) is 0.733. The average Bonchev–Trinajstić information content (AvgIpc) is 2.85. The van der Waals surface area contributed by atoms with Crippen LogP contribution in [-0.4, -0.2) is 4.98 Å². The third-order valence-corrected chi connectivity index (χ3v) is 3.22. The lowest BCUT2D eigenvalue weighted by Gasteiger charge is -2.06. The van der Waals surface area contributed by atoms with Crippen LogP contribution in [0.2, 0.25) is 0 Å². The topological polar surface area (TPSA) is 38.1 Å². The van der Waals surface area contributed by atoms with Crippen molar-refractivity contribution in [3.63, 3.8) is 0 Å². The molecule has 0 fully saturated rings. The molecule has 0 aliphatic carbocycles. The van der Waals surface area contributed by atoms with E-state index in [9.17, 15) is 0 Å². The van der Waals surface area contributed by atoms with Gasteiger partial charge in [-0.05, 0) is 29.8 Å². The zero-order valence-electron chi connectivity index (χ0n) is 9.56. The summed E-state index contributed by atoms with van der Waals surface area (Å²) in [4.78, 5) is 4.33. The van der Waals surface area contributed by atoms with Crippen LogP contribution in [0.1, 0.15) is 5.56 Å². The van der Waals surface area contributed by atoms with E-state index < -0.39 is 0 Å². The molecule has 3 rings (SSSR count). The standard InChI is InChI=1S/C14H11BrN2O/c15-11-3-1-2-10(8-11)9-17-14-12-5-7-18-13(12)4-6-16-14/h1-8H,9H2,(H,16,17). The van der Waals surface area contributed by atoms with E-state index in [1.165, 1.54) is 5.56 Å². The minimum atomic E-state index is 0.733. The van der Waals surface area contributed by atoms with Gasteiger partial charge in [0.25, 0.3) is 0 Å². The van der Waals surface area contributed by atoms with Crippen LogP contribution >= 0.6 is 15.9 Å². The Morgan fingerprint density at radius 1 is 1.22 bits per heavy atom. The predicted octanol–water partition coefficient (Wildman–Crippen LogP) is 4.20. The van der Waals surface area contributed by atoms with Crippen LogP contribution in [-0.2, 0) is 6.54 Å². The number of anilines is 1. The summed E-state index contributed by atoms with van der Waals surface area (Å²) in [5, 5.41) is 4.33. The molecule has 1 N–H and O–H groups in total. The second-order valence-electron chi connectivity index (χ2n) is 3.98. The second kappa shape index (κ2) is 4.82. The minimum Gasteiger partial charge on any atom is -0.464 e. The van der Waals surface area contributed by atoms with Gasteiger partial charge in [-0.15, -0.1) is 0 Å². The number of hydrogen-bond donors (Lipinski definition) is 1. The lowest BCUT2D eigenvalue weighted by Crippen LogP contribution is -2.01. The lowest BCUT2D eigenvalue weighted by molar-refractivity contribution is 0.615. The second-order valence-corrected chi connectivity index (χ2v) is 4.89. The van der Waals surface area contributed by atoms with Crippen LogP contribution in [0.5, 0.6) is 0 Å². The normalized spacial score (nSPS) is 10.7. The van der Waals surface area contributed by atoms with Gasteiger partial charge in [0.1, 0.15) is 11.4 Å². The molecule has 90 valence electrons. The van der Waals surface area contributed by atoms with Gasteiger partial charge >= 0.3 is 0 Å². The van der Waals surface area contributed by atoms with Gasteiger partial charge in [0, 0.05) is 17.2 Å². The maximum atomic E-state index is 5.34. The highest BCUT2D eigenvalue weighted by Gasteiger charge is 2.04. The number of benzene rings is 1. The van der Waals surface area contributed by atoms with Crippen LogP contribution in [0.15, 0.2) is 57.7 Å². The van der Waals surface area contributed by atoms with Gasteiger partial charge in [0.15, 0.2) is 0 Å². The van der Waals surface area contributed by atoms with Gasteiger partial charge in [0.2, 0.25) is 0 Å². The summed E-state index contributed by atoms with van der Waals surface area (Å²) in [5.41, 5.74) is 2.05.